The van der Waals surface area contributed by atoms with Crippen molar-refractivity contribution >= 4 is 23.5 Å². The Balaban J connectivity index is 1.75. The van der Waals surface area contributed by atoms with Crippen LogP contribution in [-0.2, 0) is 9.59 Å². The average molecular weight is 300 g/mol. The first-order valence-electron chi connectivity index (χ1n) is 7.09. The van der Waals surface area contributed by atoms with Crippen molar-refractivity contribution in [1.29, 1.82) is 0 Å². The first-order chi connectivity index (χ1) is 10.5. The number of aromatic carboxylic acids is 1. The quantitative estimate of drug-likeness (QED) is 0.727. The maximum absolute atomic E-state index is 12.5. The van der Waals surface area contributed by atoms with Crippen LogP contribution in [0.4, 0.5) is 5.69 Å². The van der Waals surface area contributed by atoms with E-state index >= 15 is 0 Å². The number of carboxylic acid groups (broad SMARTS) is 1. The third-order valence-corrected chi connectivity index (χ3v) is 4.49. The Morgan fingerprint density at radius 3 is 2.18 bits per heavy atom. The lowest BCUT2D eigenvalue weighted by atomic mass is 9.82. The van der Waals surface area contributed by atoms with E-state index in [0.29, 0.717) is 5.69 Å². The summed E-state index contributed by atoms with van der Waals surface area (Å²) in [6.45, 7) is 0. The van der Waals surface area contributed by atoms with Gasteiger partial charge in [0, 0.05) is 5.69 Å². The molecule has 0 aliphatic heterocycles. The number of hydrogen-bond acceptors (Lipinski definition) is 3. The molecule has 6 heteroatoms. The van der Waals surface area contributed by atoms with Crippen LogP contribution >= 0.6 is 0 Å². The van der Waals surface area contributed by atoms with Crippen molar-refractivity contribution in [3.05, 3.63) is 42.0 Å². The van der Waals surface area contributed by atoms with Crippen LogP contribution in [0, 0.1) is 23.7 Å². The van der Waals surface area contributed by atoms with E-state index in [0.717, 1.165) is 6.42 Å². The Morgan fingerprint density at radius 1 is 1.05 bits per heavy atom. The van der Waals surface area contributed by atoms with Gasteiger partial charge in [0.2, 0.25) is 11.8 Å². The Kier molecular flexibility index (Phi) is 3.44. The summed E-state index contributed by atoms with van der Waals surface area (Å²) in [4.78, 5) is 34.9. The van der Waals surface area contributed by atoms with Crippen LogP contribution < -0.4 is 11.1 Å². The minimum Gasteiger partial charge on any atom is -0.478 e. The molecule has 22 heavy (non-hydrogen) atoms. The number of benzene rings is 1. The number of amides is 2. The third kappa shape index (κ3) is 2.36. The minimum absolute atomic E-state index is 0.0424. The molecule has 1 saturated carbocycles. The predicted molar refractivity (Wildman–Crippen MR) is 78.9 cm³/mol. The van der Waals surface area contributed by atoms with Gasteiger partial charge in [0.15, 0.2) is 0 Å². The molecule has 0 spiro atoms. The van der Waals surface area contributed by atoms with E-state index in [1.165, 1.54) is 24.3 Å². The zero-order chi connectivity index (χ0) is 15.9. The van der Waals surface area contributed by atoms with Gasteiger partial charge >= 0.3 is 5.97 Å². The first-order valence-corrected chi connectivity index (χ1v) is 7.09. The maximum atomic E-state index is 12.5. The van der Waals surface area contributed by atoms with Gasteiger partial charge in [-0.1, -0.05) is 12.2 Å². The summed E-state index contributed by atoms with van der Waals surface area (Å²) < 4.78 is 0. The zero-order valence-electron chi connectivity index (χ0n) is 11.7. The molecule has 6 nitrogen and oxygen atoms in total. The lowest BCUT2D eigenvalue weighted by Gasteiger charge is -2.24. The third-order valence-electron chi connectivity index (χ3n) is 4.49. The molecule has 2 aliphatic carbocycles. The molecule has 1 aromatic carbocycles. The monoisotopic (exact) mass is 300 g/mol. The first kappa shape index (κ1) is 14.3. The van der Waals surface area contributed by atoms with Crippen molar-refractivity contribution in [3.8, 4) is 0 Å². The largest absolute Gasteiger partial charge is 0.478 e. The number of anilines is 1. The van der Waals surface area contributed by atoms with Crippen molar-refractivity contribution in [2.24, 2.45) is 29.4 Å². The summed E-state index contributed by atoms with van der Waals surface area (Å²) in [5.74, 6) is -2.54. The van der Waals surface area contributed by atoms with Gasteiger partial charge in [0.25, 0.3) is 0 Å². The van der Waals surface area contributed by atoms with E-state index in [4.69, 9.17) is 10.8 Å². The zero-order valence-corrected chi connectivity index (χ0v) is 11.7. The Morgan fingerprint density at radius 2 is 1.64 bits per heavy atom. The van der Waals surface area contributed by atoms with Crippen LogP contribution in [0.2, 0.25) is 0 Å². The predicted octanol–water partition coefficient (Wildman–Crippen LogP) is 1.25. The molecule has 0 aromatic heterocycles. The van der Waals surface area contributed by atoms with Crippen LogP contribution in [0.25, 0.3) is 0 Å². The van der Waals surface area contributed by atoms with Gasteiger partial charge < -0.3 is 16.2 Å². The van der Waals surface area contributed by atoms with E-state index in [2.05, 4.69) is 5.32 Å². The summed E-state index contributed by atoms with van der Waals surface area (Å²) in [5, 5.41) is 11.6. The maximum Gasteiger partial charge on any atom is 0.335 e. The normalized spacial score (nSPS) is 28.5. The second kappa shape index (κ2) is 5.29. The van der Waals surface area contributed by atoms with Crippen LogP contribution in [0.1, 0.15) is 16.8 Å². The molecule has 0 heterocycles. The van der Waals surface area contributed by atoms with E-state index in [9.17, 15) is 14.4 Å². The number of hydrogen-bond donors (Lipinski definition) is 3. The van der Waals surface area contributed by atoms with E-state index < -0.39 is 23.7 Å². The molecule has 0 saturated heterocycles. The molecule has 1 fully saturated rings. The number of carbonyl (C=O) groups excluding carboxylic acids is 2. The van der Waals surface area contributed by atoms with Gasteiger partial charge in [0.1, 0.15) is 0 Å². The Labute approximate surface area is 127 Å². The number of fused-ring (bicyclic) bond motifs is 2. The molecule has 2 aliphatic rings. The number of nitrogens with one attached hydrogen (secondary N) is 1. The molecule has 114 valence electrons. The summed E-state index contributed by atoms with van der Waals surface area (Å²) >= 11 is 0. The van der Waals surface area contributed by atoms with E-state index in [1.54, 1.807) is 0 Å². The number of carbonyl (C=O) groups is 3. The summed E-state index contributed by atoms with van der Waals surface area (Å²) in [7, 11) is 0. The molecule has 3 rings (SSSR count). The molecule has 0 radical (unpaired) electrons. The lowest BCUT2D eigenvalue weighted by Crippen LogP contribution is -2.39. The molecule has 4 atom stereocenters. The lowest BCUT2D eigenvalue weighted by molar-refractivity contribution is -0.130. The van der Waals surface area contributed by atoms with Crippen molar-refractivity contribution in [2.75, 3.05) is 5.32 Å². The second-order valence-corrected chi connectivity index (χ2v) is 5.77. The number of rotatable bonds is 4. The fourth-order valence-corrected chi connectivity index (χ4v) is 3.49. The fraction of sp³-hybridized carbons (Fsp3) is 0.312. The number of primary amides is 1. The number of allylic oxidation sites excluding steroid dienone is 2. The summed E-state index contributed by atoms with van der Waals surface area (Å²) in [6.07, 6.45) is 4.72. The van der Waals surface area contributed by atoms with Crippen LogP contribution in [-0.4, -0.2) is 22.9 Å². The van der Waals surface area contributed by atoms with Crippen LogP contribution in [0.15, 0.2) is 36.4 Å². The Bertz CT molecular complexity index is 665. The highest BCUT2D eigenvalue weighted by Gasteiger charge is 2.50. The molecular weight excluding hydrogens is 284 g/mol. The number of nitrogens with two attached hydrogens (primary N) is 1. The molecule has 4 N–H and O–H groups in total. The molecule has 1 aromatic rings. The van der Waals surface area contributed by atoms with Gasteiger partial charge in [-0.15, -0.1) is 0 Å². The molecule has 2 amide bonds. The van der Waals surface area contributed by atoms with Gasteiger partial charge in [-0.05, 0) is 42.5 Å². The van der Waals surface area contributed by atoms with Gasteiger partial charge in [-0.25, -0.2) is 4.79 Å². The highest BCUT2D eigenvalue weighted by atomic mass is 16.4. The van der Waals surface area contributed by atoms with Gasteiger partial charge in [0.05, 0.1) is 17.4 Å². The summed E-state index contributed by atoms with van der Waals surface area (Å²) in [6, 6.07) is 5.90. The number of carboxylic acids is 1. The van der Waals surface area contributed by atoms with E-state index in [1.807, 2.05) is 12.2 Å². The van der Waals surface area contributed by atoms with Crippen molar-refractivity contribution in [3.63, 3.8) is 0 Å². The fourth-order valence-electron chi connectivity index (χ4n) is 3.49. The standard InChI is InChI=1S/C16H16N2O4/c17-14(19)12-9-1-2-10(7-9)13(12)15(20)18-11-5-3-8(4-6-11)16(21)22/h1-6,9-10,12-13H,7H2,(H2,17,19)(H,18,20)(H,21,22). The topological polar surface area (TPSA) is 109 Å². The van der Waals surface area contributed by atoms with Crippen molar-refractivity contribution < 1.29 is 19.5 Å². The molecular formula is C16H16N2O4. The molecule has 2 bridgehead atoms. The smallest absolute Gasteiger partial charge is 0.335 e. The minimum atomic E-state index is -1.02. The van der Waals surface area contributed by atoms with Crippen LogP contribution in [0.5, 0.6) is 0 Å². The average Bonchev–Trinajstić information content (AvgIpc) is 3.08. The van der Waals surface area contributed by atoms with Crippen LogP contribution in [0.3, 0.4) is 0 Å². The van der Waals surface area contributed by atoms with Crippen molar-refractivity contribution in [2.45, 2.75) is 6.42 Å². The Hall–Kier alpha value is -2.63. The van der Waals surface area contributed by atoms with Gasteiger partial charge in [-0.2, -0.15) is 0 Å². The summed E-state index contributed by atoms with van der Waals surface area (Å²) in [5.41, 5.74) is 6.09. The second-order valence-electron chi connectivity index (χ2n) is 5.77. The van der Waals surface area contributed by atoms with Crippen molar-refractivity contribution in [1.82, 2.24) is 0 Å². The highest BCUT2D eigenvalue weighted by molar-refractivity contribution is 5.97. The van der Waals surface area contributed by atoms with E-state index in [-0.39, 0.29) is 23.3 Å². The SMILES string of the molecule is NC(=O)C1C2C=CC(C2)C1C(=O)Nc1ccc(C(=O)O)cc1. The molecule has 4 unspecified atom stereocenters. The van der Waals surface area contributed by atoms with Gasteiger partial charge in [-0.3, -0.25) is 9.59 Å². The highest BCUT2D eigenvalue weighted by Crippen LogP contribution is 2.48.